The van der Waals surface area contributed by atoms with E-state index in [0.29, 0.717) is 6.61 Å². The van der Waals surface area contributed by atoms with Gasteiger partial charge in [-0.2, -0.15) is 0 Å². The van der Waals surface area contributed by atoms with Crippen molar-refractivity contribution in [2.45, 2.75) is 38.1 Å². The molecule has 1 aliphatic heterocycles. The summed E-state index contributed by atoms with van der Waals surface area (Å²) >= 11 is 0. The number of methoxy groups -OCH3 is 1. The summed E-state index contributed by atoms with van der Waals surface area (Å²) in [5.41, 5.74) is 0. The van der Waals surface area contributed by atoms with Gasteiger partial charge in [-0.1, -0.05) is 12.8 Å². The molecule has 1 fully saturated rings. The molecule has 0 aromatic carbocycles. The van der Waals surface area contributed by atoms with Gasteiger partial charge >= 0.3 is 5.97 Å². The number of carboxylic acids is 1. The summed E-state index contributed by atoms with van der Waals surface area (Å²) in [7, 11) is 1.63. The van der Waals surface area contributed by atoms with Crippen LogP contribution in [0.3, 0.4) is 0 Å². The largest absolute Gasteiger partial charge is 0.481 e. The van der Waals surface area contributed by atoms with Gasteiger partial charge in [0.2, 0.25) is 0 Å². The predicted molar refractivity (Wildman–Crippen MR) is 58.0 cm³/mol. The zero-order valence-electron chi connectivity index (χ0n) is 9.45. The minimum Gasteiger partial charge on any atom is -0.481 e. The smallest absolute Gasteiger partial charge is 0.305 e. The quantitative estimate of drug-likeness (QED) is 0.752. The lowest BCUT2D eigenvalue weighted by Gasteiger charge is -2.28. The summed E-state index contributed by atoms with van der Waals surface area (Å²) in [6.45, 7) is 2.55. The number of carbonyl (C=O) groups is 1. The van der Waals surface area contributed by atoms with Crippen LogP contribution in [0.5, 0.6) is 0 Å². The lowest BCUT2D eigenvalue weighted by atomic mass is 10.2. The van der Waals surface area contributed by atoms with E-state index in [1.54, 1.807) is 7.11 Å². The molecule has 4 nitrogen and oxygen atoms in total. The standard InChI is InChI=1S/C11H21NO3/c1-15-9-10(8-11(13)14)12-6-4-2-3-5-7-12/h10H,2-9H2,1H3,(H,13,14). The van der Waals surface area contributed by atoms with Gasteiger partial charge in [0.05, 0.1) is 13.0 Å². The lowest BCUT2D eigenvalue weighted by Crippen LogP contribution is -2.40. The van der Waals surface area contributed by atoms with Crippen LogP contribution in [0, 0.1) is 0 Å². The molecule has 0 radical (unpaired) electrons. The molecule has 1 rings (SSSR count). The van der Waals surface area contributed by atoms with E-state index in [0.717, 1.165) is 13.1 Å². The van der Waals surface area contributed by atoms with E-state index in [1.807, 2.05) is 0 Å². The topological polar surface area (TPSA) is 49.8 Å². The molecule has 1 saturated heterocycles. The van der Waals surface area contributed by atoms with Gasteiger partial charge in [0.15, 0.2) is 0 Å². The molecule has 1 aliphatic rings. The highest BCUT2D eigenvalue weighted by atomic mass is 16.5. The van der Waals surface area contributed by atoms with E-state index in [-0.39, 0.29) is 12.5 Å². The Labute approximate surface area is 91.2 Å². The van der Waals surface area contributed by atoms with Gasteiger partial charge in [0, 0.05) is 13.2 Å². The first-order chi connectivity index (χ1) is 7.24. The van der Waals surface area contributed by atoms with Crippen molar-refractivity contribution in [1.82, 2.24) is 4.90 Å². The summed E-state index contributed by atoms with van der Waals surface area (Å²) in [6, 6.07) is 0.0469. The van der Waals surface area contributed by atoms with Crippen LogP contribution in [-0.2, 0) is 9.53 Å². The number of ether oxygens (including phenoxy) is 1. The van der Waals surface area contributed by atoms with Gasteiger partial charge in [-0.25, -0.2) is 0 Å². The van der Waals surface area contributed by atoms with E-state index in [1.165, 1.54) is 25.7 Å². The Morgan fingerprint density at radius 3 is 2.40 bits per heavy atom. The number of nitrogens with zero attached hydrogens (tertiary/aromatic N) is 1. The van der Waals surface area contributed by atoms with Crippen molar-refractivity contribution >= 4 is 5.97 Å². The molecule has 4 heteroatoms. The van der Waals surface area contributed by atoms with Crippen molar-refractivity contribution in [3.05, 3.63) is 0 Å². The second-order valence-electron chi connectivity index (χ2n) is 4.16. The molecule has 0 saturated carbocycles. The van der Waals surface area contributed by atoms with Crippen LogP contribution in [0.2, 0.25) is 0 Å². The van der Waals surface area contributed by atoms with Crippen molar-refractivity contribution in [1.29, 1.82) is 0 Å². The fourth-order valence-corrected chi connectivity index (χ4v) is 2.15. The monoisotopic (exact) mass is 215 g/mol. The van der Waals surface area contributed by atoms with Crippen molar-refractivity contribution in [2.24, 2.45) is 0 Å². The summed E-state index contributed by atoms with van der Waals surface area (Å²) < 4.78 is 5.09. The molecule has 0 aromatic heterocycles. The maximum Gasteiger partial charge on any atom is 0.305 e. The third kappa shape index (κ3) is 4.62. The fraction of sp³-hybridized carbons (Fsp3) is 0.909. The molecule has 1 unspecified atom stereocenters. The fourth-order valence-electron chi connectivity index (χ4n) is 2.15. The first-order valence-corrected chi connectivity index (χ1v) is 5.69. The molecular weight excluding hydrogens is 194 g/mol. The van der Waals surface area contributed by atoms with Crippen LogP contribution in [0.1, 0.15) is 32.1 Å². The maximum absolute atomic E-state index is 10.7. The van der Waals surface area contributed by atoms with Crippen molar-refractivity contribution < 1.29 is 14.6 Å². The molecule has 15 heavy (non-hydrogen) atoms. The maximum atomic E-state index is 10.7. The number of carboxylic acid groups (broad SMARTS) is 1. The zero-order chi connectivity index (χ0) is 11.1. The highest BCUT2D eigenvalue weighted by molar-refractivity contribution is 5.67. The van der Waals surface area contributed by atoms with Gasteiger partial charge in [-0.3, -0.25) is 9.69 Å². The molecule has 88 valence electrons. The summed E-state index contributed by atoms with van der Waals surface area (Å²) in [5, 5.41) is 8.83. The zero-order valence-corrected chi connectivity index (χ0v) is 9.45. The molecule has 0 aromatic rings. The molecule has 0 spiro atoms. The number of aliphatic carboxylic acids is 1. The Balaban J connectivity index is 2.47. The second-order valence-corrected chi connectivity index (χ2v) is 4.16. The SMILES string of the molecule is COCC(CC(=O)O)N1CCCCCC1. The first kappa shape index (κ1) is 12.5. The highest BCUT2D eigenvalue weighted by Crippen LogP contribution is 2.14. The third-order valence-electron chi connectivity index (χ3n) is 2.93. The first-order valence-electron chi connectivity index (χ1n) is 5.69. The molecule has 0 aliphatic carbocycles. The highest BCUT2D eigenvalue weighted by Gasteiger charge is 2.21. The Morgan fingerprint density at radius 1 is 1.33 bits per heavy atom. The third-order valence-corrected chi connectivity index (χ3v) is 2.93. The van der Waals surface area contributed by atoms with Crippen LogP contribution in [0.25, 0.3) is 0 Å². The van der Waals surface area contributed by atoms with Gasteiger partial charge < -0.3 is 9.84 Å². The predicted octanol–water partition coefficient (Wildman–Crippen LogP) is 1.35. The Kier molecular flexibility index (Phi) is 5.65. The lowest BCUT2D eigenvalue weighted by molar-refractivity contribution is -0.139. The molecule has 0 bridgehead atoms. The molecule has 1 heterocycles. The average molecular weight is 215 g/mol. The van der Waals surface area contributed by atoms with Gasteiger partial charge in [0.1, 0.15) is 0 Å². The van der Waals surface area contributed by atoms with Crippen LogP contribution in [0.15, 0.2) is 0 Å². The van der Waals surface area contributed by atoms with Crippen molar-refractivity contribution in [2.75, 3.05) is 26.8 Å². The number of rotatable bonds is 5. The Bertz CT molecular complexity index is 188. The molecule has 0 amide bonds. The van der Waals surface area contributed by atoms with Gasteiger partial charge in [-0.05, 0) is 25.9 Å². The van der Waals surface area contributed by atoms with E-state index < -0.39 is 5.97 Å². The van der Waals surface area contributed by atoms with E-state index >= 15 is 0 Å². The Hall–Kier alpha value is -0.610. The second kappa shape index (κ2) is 6.80. The van der Waals surface area contributed by atoms with Gasteiger partial charge in [-0.15, -0.1) is 0 Å². The normalized spacial score (nSPS) is 20.9. The van der Waals surface area contributed by atoms with E-state index in [4.69, 9.17) is 9.84 Å². The number of hydrogen-bond acceptors (Lipinski definition) is 3. The van der Waals surface area contributed by atoms with Crippen LogP contribution in [0.4, 0.5) is 0 Å². The van der Waals surface area contributed by atoms with Crippen molar-refractivity contribution in [3.8, 4) is 0 Å². The summed E-state index contributed by atoms with van der Waals surface area (Å²) in [5.74, 6) is -0.735. The Morgan fingerprint density at radius 2 is 1.93 bits per heavy atom. The molecule has 1 N–H and O–H groups in total. The average Bonchev–Trinajstić information content (AvgIpc) is 2.44. The molecule has 1 atom stereocenters. The van der Waals surface area contributed by atoms with Gasteiger partial charge in [0.25, 0.3) is 0 Å². The summed E-state index contributed by atoms with van der Waals surface area (Å²) in [6.07, 6.45) is 5.08. The molecular formula is C11H21NO3. The number of hydrogen-bond donors (Lipinski definition) is 1. The summed E-state index contributed by atoms with van der Waals surface area (Å²) in [4.78, 5) is 13.0. The van der Waals surface area contributed by atoms with E-state index in [9.17, 15) is 4.79 Å². The van der Waals surface area contributed by atoms with Crippen molar-refractivity contribution in [3.63, 3.8) is 0 Å². The van der Waals surface area contributed by atoms with E-state index in [2.05, 4.69) is 4.90 Å². The van der Waals surface area contributed by atoms with Crippen LogP contribution < -0.4 is 0 Å². The minimum absolute atomic E-state index is 0.0469. The number of likely N-dealkylation sites (tertiary alicyclic amines) is 1. The van der Waals surface area contributed by atoms with Crippen LogP contribution in [-0.4, -0.2) is 48.8 Å². The van der Waals surface area contributed by atoms with Crippen LogP contribution >= 0.6 is 0 Å². The minimum atomic E-state index is -0.735.